The highest BCUT2D eigenvalue weighted by Gasteiger charge is 2.33. The molecule has 0 aromatic rings. The lowest BCUT2D eigenvalue weighted by Gasteiger charge is -2.24. The maximum Gasteiger partial charge on any atom is 0.161 e. The molecule has 0 aromatic carbocycles. The van der Waals surface area contributed by atoms with Crippen molar-refractivity contribution >= 4 is 63.7 Å². The molecule has 0 saturated heterocycles. The number of hydrogen-bond acceptors (Lipinski definition) is 1. The fraction of sp³-hybridized carbons (Fsp3) is 1.00. The normalized spacial score (nSPS) is 17.5. The number of halogens is 4. The van der Waals surface area contributed by atoms with Crippen molar-refractivity contribution in [1.82, 2.24) is 0 Å². The van der Waals surface area contributed by atoms with E-state index < -0.39 is 8.25 Å². The van der Waals surface area contributed by atoms with E-state index in [2.05, 4.69) is 70.6 Å². The van der Waals surface area contributed by atoms with Crippen LogP contribution in [0, 0.1) is 0 Å². The largest absolute Gasteiger partial charge is 0.389 e. The predicted octanol–water partition coefficient (Wildman–Crippen LogP) is 4.14. The van der Waals surface area contributed by atoms with Crippen LogP contribution in [0.2, 0.25) is 0 Å². The van der Waals surface area contributed by atoms with E-state index >= 15 is 0 Å². The molecule has 0 aliphatic heterocycles. The van der Waals surface area contributed by atoms with Crippen LogP contribution in [0.15, 0.2) is 0 Å². The molecule has 0 aromatic heterocycles. The maximum absolute atomic E-state index is 9.69. The van der Waals surface area contributed by atoms with Crippen LogP contribution in [-0.2, 0) is 0 Å². The SMILES string of the molecule is CCCCC(Br)C(O)C(Br)(Br)Br. The summed E-state index contributed by atoms with van der Waals surface area (Å²) in [6, 6.07) is 0. The van der Waals surface area contributed by atoms with Crippen molar-refractivity contribution < 1.29 is 5.11 Å². The molecule has 0 bridgehead atoms. The highest BCUT2D eigenvalue weighted by atomic mass is 80.0. The van der Waals surface area contributed by atoms with E-state index in [0.29, 0.717) is 0 Å². The van der Waals surface area contributed by atoms with Crippen molar-refractivity contribution in [1.29, 1.82) is 0 Å². The first kappa shape index (κ1) is 13.9. The minimum absolute atomic E-state index is 0.107. The van der Waals surface area contributed by atoms with Crippen LogP contribution in [0.3, 0.4) is 0 Å². The van der Waals surface area contributed by atoms with E-state index in [4.69, 9.17) is 0 Å². The zero-order valence-electron chi connectivity index (χ0n) is 6.74. The van der Waals surface area contributed by atoms with Gasteiger partial charge in [0.15, 0.2) is 2.14 Å². The first-order chi connectivity index (χ1) is 5.39. The van der Waals surface area contributed by atoms with Crippen LogP contribution in [-0.4, -0.2) is 18.2 Å². The number of alkyl halides is 4. The highest BCUT2D eigenvalue weighted by Crippen LogP contribution is 2.40. The lowest BCUT2D eigenvalue weighted by Crippen LogP contribution is -2.32. The van der Waals surface area contributed by atoms with Crippen molar-refractivity contribution in [2.24, 2.45) is 0 Å². The molecule has 1 nitrogen and oxygen atoms in total. The second-order valence-electron chi connectivity index (χ2n) is 2.64. The first-order valence-corrected chi connectivity index (χ1v) is 7.08. The molecule has 0 amide bonds. The molecule has 0 fully saturated rings. The van der Waals surface area contributed by atoms with Gasteiger partial charge in [0.2, 0.25) is 0 Å². The molecule has 0 rings (SSSR count). The zero-order valence-corrected chi connectivity index (χ0v) is 13.1. The Morgan fingerprint density at radius 1 is 1.33 bits per heavy atom. The molecule has 12 heavy (non-hydrogen) atoms. The summed E-state index contributed by atoms with van der Waals surface area (Å²) in [6.07, 6.45) is 2.75. The number of aliphatic hydroxyl groups is 1. The molecule has 0 spiro atoms. The lowest BCUT2D eigenvalue weighted by atomic mass is 10.1. The topological polar surface area (TPSA) is 20.2 Å². The summed E-state index contributed by atoms with van der Waals surface area (Å²) in [7, 11) is 0. The minimum Gasteiger partial charge on any atom is -0.389 e. The lowest BCUT2D eigenvalue weighted by molar-refractivity contribution is 0.183. The Hall–Kier alpha value is 1.88. The molecule has 2 atom stereocenters. The van der Waals surface area contributed by atoms with Gasteiger partial charge in [-0.1, -0.05) is 83.5 Å². The fourth-order valence-electron chi connectivity index (χ4n) is 0.762. The third-order valence-electron chi connectivity index (χ3n) is 1.51. The Morgan fingerprint density at radius 3 is 2.17 bits per heavy atom. The average Bonchev–Trinajstić information content (AvgIpc) is 1.97. The molecule has 5 heteroatoms. The summed E-state index contributed by atoms with van der Waals surface area (Å²) in [4.78, 5) is 0.107. The average molecular weight is 432 g/mol. The van der Waals surface area contributed by atoms with Gasteiger partial charge in [-0.2, -0.15) is 0 Å². The van der Waals surface area contributed by atoms with Gasteiger partial charge >= 0.3 is 0 Å². The van der Waals surface area contributed by atoms with Crippen molar-refractivity contribution in [2.45, 2.75) is 39.3 Å². The van der Waals surface area contributed by atoms with E-state index in [1.54, 1.807) is 0 Å². The smallest absolute Gasteiger partial charge is 0.161 e. The first-order valence-electron chi connectivity index (χ1n) is 3.78. The fourth-order valence-corrected chi connectivity index (χ4v) is 3.50. The van der Waals surface area contributed by atoms with Gasteiger partial charge in [-0.3, -0.25) is 0 Å². The van der Waals surface area contributed by atoms with Crippen molar-refractivity contribution in [2.75, 3.05) is 0 Å². The van der Waals surface area contributed by atoms with E-state index in [1.165, 1.54) is 0 Å². The van der Waals surface area contributed by atoms with Gasteiger partial charge in [0.05, 0.1) is 0 Å². The van der Waals surface area contributed by atoms with E-state index in [-0.39, 0.29) is 4.83 Å². The van der Waals surface area contributed by atoms with Crippen LogP contribution in [0.5, 0.6) is 0 Å². The maximum atomic E-state index is 9.69. The number of aliphatic hydroxyl groups excluding tert-OH is 1. The molecule has 74 valence electrons. The van der Waals surface area contributed by atoms with E-state index in [0.717, 1.165) is 19.3 Å². The Balaban J connectivity index is 3.84. The van der Waals surface area contributed by atoms with Gasteiger partial charge in [0.25, 0.3) is 0 Å². The molecule has 0 saturated carbocycles. The van der Waals surface area contributed by atoms with Crippen molar-refractivity contribution in [3.8, 4) is 0 Å². The third kappa shape index (κ3) is 5.58. The van der Waals surface area contributed by atoms with E-state index in [1.807, 2.05) is 0 Å². The summed E-state index contributed by atoms with van der Waals surface area (Å²) in [5.41, 5.74) is 0. The van der Waals surface area contributed by atoms with Gasteiger partial charge in [-0.25, -0.2) is 0 Å². The second-order valence-corrected chi connectivity index (χ2v) is 10.8. The molecular formula is C7H12Br4O. The molecule has 2 unspecified atom stereocenters. The van der Waals surface area contributed by atoms with Gasteiger partial charge in [0, 0.05) is 4.83 Å². The molecule has 0 aliphatic rings. The van der Waals surface area contributed by atoms with E-state index in [9.17, 15) is 5.11 Å². The number of hydrogen-bond donors (Lipinski definition) is 1. The summed E-state index contributed by atoms with van der Waals surface area (Å²) in [6.45, 7) is 2.13. The van der Waals surface area contributed by atoms with Crippen LogP contribution in [0.4, 0.5) is 0 Å². The Bertz CT molecular complexity index is 123. The van der Waals surface area contributed by atoms with Crippen LogP contribution < -0.4 is 0 Å². The Kier molecular flexibility index (Phi) is 7.38. The van der Waals surface area contributed by atoms with Gasteiger partial charge in [-0.15, -0.1) is 0 Å². The van der Waals surface area contributed by atoms with Crippen LogP contribution >= 0.6 is 63.7 Å². The summed E-state index contributed by atoms with van der Waals surface area (Å²) in [5, 5.41) is 9.69. The van der Waals surface area contributed by atoms with Crippen LogP contribution in [0.1, 0.15) is 26.2 Å². The standard InChI is InChI=1S/C7H12Br4O/c1-2-3-4-5(8)6(12)7(9,10)11/h5-6,12H,2-4H2,1H3. The Labute approximate surface area is 107 Å². The summed E-state index contributed by atoms with van der Waals surface area (Å²) >= 11 is 13.3. The monoisotopic (exact) mass is 428 g/mol. The van der Waals surface area contributed by atoms with Gasteiger partial charge < -0.3 is 5.11 Å². The number of unbranched alkanes of at least 4 members (excludes halogenated alkanes) is 1. The third-order valence-corrected chi connectivity index (χ3v) is 3.88. The summed E-state index contributed by atoms with van der Waals surface area (Å²) < 4.78 is -0.574. The van der Waals surface area contributed by atoms with Crippen LogP contribution in [0.25, 0.3) is 0 Å². The molecular weight excluding hydrogens is 420 g/mol. The minimum atomic E-state index is -0.574. The van der Waals surface area contributed by atoms with Gasteiger partial charge in [0.1, 0.15) is 6.10 Å². The second kappa shape index (κ2) is 6.38. The van der Waals surface area contributed by atoms with Crippen molar-refractivity contribution in [3.63, 3.8) is 0 Å². The zero-order chi connectivity index (χ0) is 9.78. The molecule has 0 aliphatic carbocycles. The molecule has 1 N–H and O–H groups in total. The molecule has 0 radical (unpaired) electrons. The van der Waals surface area contributed by atoms with Gasteiger partial charge in [-0.05, 0) is 6.42 Å². The Morgan fingerprint density at radius 2 is 1.83 bits per heavy atom. The summed E-state index contributed by atoms with van der Waals surface area (Å²) in [5.74, 6) is 0. The number of rotatable bonds is 4. The molecule has 0 heterocycles. The van der Waals surface area contributed by atoms with Crippen molar-refractivity contribution in [3.05, 3.63) is 0 Å². The predicted molar refractivity (Wildman–Crippen MR) is 67.8 cm³/mol. The highest BCUT2D eigenvalue weighted by molar-refractivity contribution is 9.39. The quantitative estimate of drug-likeness (QED) is 0.663.